The summed E-state index contributed by atoms with van der Waals surface area (Å²) in [5, 5.41) is 10.3. The van der Waals surface area contributed by atoms with E-state index in [0.29, 0.717) is 23.7 Å². The Morgan fingerprint density at radius 3 is 2.65 bits per heavy atom. The fourth-order valence-electron chi connectivity index (χ4n) is 3.75. The number of ether oxygens (including phenoxy) is 1. The highest BCUT2D eigenvalue weighted by Gasteiger charge is 2.43. The Morgan fingerprint density at radius 2 is 2.00 bits per heavy atom. The lowest BCUT2D eigenvalue weighted by molar-refractivity contribution is -0.0505. The summed E-state index contributed by atoms with van der Waals surface area (Å²) in [6.45, 7) is 4.55. The second-order valence-corrected chi connectivity index (χ2v) is 6.77. The molecule has 110 valence electrons. The number of aliphatic hydroxyl groups excluding tert-OH is 1. The summed E-state index contributed by atoms with van der Waals surface area (Å²) in [6, 6.07) is 4.46. The first kappa shape index (κ1) is 13.9. The molecule has 0 bridgehead atoms. The molecule has 1 aromatic carbocycles. The maximum absolute atomic E-state index is 13.3. The number of aliphatic hydroxyl groups is 1. The maximum Gasteiger partial charge on any atom is 0.126 e. The number of benzene rings is 1. The Morgan fingerprint density at radius 1 is 1.30 bits per heavy atom. The lowest BCUT2D eigenvalue weighted by atomic mass is 9.71. The maximum atomic E-state index is 13.3. The predicted octanol–water partition coefficient (Wildman–Crippen LogP) is 4.23. The fraction of sp³-hybridized carbons (Fsp3) is 0.647. The van der Waals surface area contributed by atoms with E-state index in [2.05, 4.69) is 13.8 Å². The van der Waals surface area contributed by atoms with Crippen molar-refractivity contribution in [2.45, 2.75) is 57.7 Å². The van der Waals surface area contributed by atoms with Gasteiger partial charge in [0.15, 0.2) is 0 Å². The van der Waals surface area contributed by atoms with Gasteiger partial charge in [-0.3, -0.25) is 0 Å². The van der Waals surface area contributed by atoms with E-state index in [1.807, 2.05) is 0 Å². The van der Waals surface area contributed by atoms with Gasteiger partial charge in [0.1, 0.15) is 17.2 Å². The third-order valence-corrected chi connectivity index (χ3v) is 5.11. The molecule has 3 heteroatoms. The molecule has 1 aliphatic carbocycles. The van der Waals surface area contributed by atoms with Crippen molar-refractivity contribution in [2.75, 3.05) is 0 Å². The van der Waals surface area contributed by atoms with Gasteiger partial charge in [0.25, 0.3) is 0 Å². The van der Waals surface area contributed by atoms with E-state index in [-0.39, 0.29) is 11.4 Å². The summed E-state index contributed by atoms with van der Waals surface area (Å²) in [7, 11) is 0. The van der Waals surface area contributed by atoms with E-state index < -0.39 is 6.10 Å². The molecule has 1 aliphatic heterocycles. The van der Waals surface area contributed by atoms with Crippen LogP contribution >= 0.6 is 0 Å². The summed E-state index contributed by atoms with van der Waals surface area (Å²) < 4.78 is 19.5. The van der Waals surface area contributed by atoms with Crippen molar-refractivity contribution in [2.24, 2.45) is 11.8 Å². The number of fused-ring (bicyclic) bond motifs is 1. The summed E-state index contributed by atoms with van der Waals surface area (Å²) in [5.41, 5.74) is 0.358. The Balaban J connectivity index is 1.80. The van der Waals surface area contributed by atoms with Gasteiger partial charge in [-0.2, -0.15) is 0 Å². The molecule has 0 aromatic heterocycles. The number of hydrogen-bond donors (Lipinski definition) is 1. The van der Waals surface area contributed by atoms with Gasteiger partial charge in [0, 0.05) is 12.0 Å². The van der Waals surface area contributed by atoms with Crippen LogP contribution in [0, 0.1) is 17.7 Å². The SMILES string of the molecule is CC(C)C1CCC2(CC1)CC(O)c1cc(F)ccc1O2. The van der Waals surface area contributed by atoms with Gasteiger partial charge < -0.3 is 9.84 Å². The van der Waals surface area contributed by atoms with Gasteiger partial charge in [0.2, 0.25) is 0 Å². The molecule has 1 atom stereocenters. The van der Waals surface area contributed by atoms with Crippen LogP contribution in [-0.2, 0) is 0 Å². The monoisotopic (exact) mass is 278 g/mol. The molecule has 0 radical (unpaired) electrons. The van der Waals surface area contributed by atoms with E-state index in [9.17, 15) is 9.50 Å². The molecule has 1 saturated carbocycles. The first-order valence-corrected chi connectivity index (χ1v) is 7.66. The van der Waals surface area contributed by atoms with Gasteiger partial charge in [0.05, 0.1) is 6.10 Å². The normalized spacial score (nSPS) is 33.0. The predicted molar refractivity (Wildman–Crippen MR) is 76.1 cm³/mol. The fourth-order valence-corrected chi connectivity index (χ4v) is 3.75. The third-order valence-electron chi connectivity index (χ3n) is 5.11. The topological polar surface area (TPSA) is 29.5 Å². The largest absolute Gasteiger partial charge is 0.487 e. The molecule has 1 aromatic rings. The Labute approximate surface area is 120 Å². The van der Waals surface area contributed by atoms with Crippen molar-refractivity contribution in [1.82, 2.24) is 0 Å². The van der Waals surface area contributed by atoms with Crippen molar-refractivity contribution in [1.29, 1.82) is 0 Å². The quantitative estimate of drug-likeness (QED) is 0.833. The zero-order valence-corrected chi connectivity index (χ0v) is 12.2. The molecule has 20 heavy (non-hydrogen) atoms. The van der Waals surface area contributed by atoms with Gasteiger partial charge >= 0.3 is 0 Å². The van der Waals surface area contributed by atoms with Crippen LogP contribution in [-0.4, -0.2) is 10.7 Å². The summed E-state index contributed by atoms with van der Waals surface area (Å²) in [6.07, 6.45) is 4.27. The average Bonchev–Trinajstić information content (AvgIpc) is 2.40. The van der Waals surface area contributed by atoms with Gasteiger partial charge in [-0.05, 0) is 55.7 Å². The molecule has 0 saturated heterocycles. The van der Waals surface area contributed by atoms with Crippen molar-refractivity contribution in [3.8, 4) is 5.75 Å². The van der Waals surface area contributed by atoms with Crippen LogP contribution < -0.4 is 4.74 Å². The number of hydrogen-bond acceptors (Lipinski definition) is 2. The first-order valence-electron chi connectivity index (χ1n) is 7.66. The van der Waals surface area contributed by atoms with Crippen LogP contribution in [0.15, 0.2) is 18.2 Å². The Hall–Kier alpha value is -1.09. The second kappa shape index (κ2) is 5.03. The molecule has 1 N–H and O–H groups in total. The zero-order valence-electron chi connectivity index (χ0n) is 12.2. The molecular formula is C17H23FO2. The lowest BCUT2D eigenvalue weighted by Gasteiger charge is -2.45. The van der Waals surface area contributed by atoms with Crippen LogP contribution in [0.4, 0.5) is 4.39 Å². The van der Waals surface area contributed by atoms with Crippen molar-refractivity contribution in [3.05, 3.63) is 29.6 Å². The van der Waals surface area contributed by atoms with Crippen LogP contribution in [0.3, 0.4) is 0 Å². The van der Waals surface area contributed by atoms with Crippen molar-refractivity contribution in [3.63, 3.8) is 0 Å². The van der Waals surface area contributed by atoms with E-state index in [0.717, 1.165) is 31.6 Å². The lowest BCUT2D eigenvalue weighted by Crippen LogP contribution is -2.44. The molecular weight excluding hydrogens is 255 g/mol. The second-order valence-electron chi connectivity index (χ2n) is 6.77. The minimum Gasteiger partial charge on any atom is -0.487 e. The van der Waals surface area contributed by atoms with Crippen LogP contribution in [0.25, 0.3) is 0 Å². The minimum absolute atomic E-state index is 0.240. The first-order chi connectivity index (χ1) is 9.49. The third kappa shape index (κ3) is 2.44. The number of rotatable bonds is 1. The molecule has 1 heterocycles. The van der Waals surface area contributed by atoms with Crippen molar-refractivity contribution >= 4 is 0 Å². The average molecular weight is 278 g/mol. The van der Waals surface area contributed by atoms with Crippen LogP contribution in [0.5, 0.6) is 5.75 Å². The van der Waals surface area contributed by atoms with Gasteiger partial charge in [-0.25, -0.2) is 4.39 Å². The van der Waals surface area contributed by atoms with Gasteiger partial charge in [-0.1, -0.05) is 13.8 Å². The smallest absolute Gasteiger partial charge is 0.126 e. The molecule has 1 spiro atoms. The molecule has 1 fully saturated rings. The standard InChI is InChI=1S/C17H23FO2/c1-11(2)12-5-7-17(8-6-12)10-15(19)14-9-13(18)3-4-16(14)20-17/h3-4,9,11-12,15,19H,5-8,10H2,1-2H3. The number of halogens is 1. The van der Waals surface area contributed by atoms with Gasteiger partial charge in [-0.15, -0.1) is 0 Å². The zero-order chi connectivity index (χ0) is 14.3. The van der Waals surface area contributed by atoms with E-state index in [4.69, 9.17) is 4.74 Å². The molecule has 1 unspecified atom stereocenters. The van der Waals surface area contributed by atoms with E-state index in [1.54, 1.807) is 6.07 Å². The minimum atomic E-state index is -0.606. The Kier molecular flexibility index (Phi) is 3.49. The molecule has 0 amide bonds. The molecule has 3 rings (SSSR count). The highest BCUT2D eigenvalue weighted by atomic mass is 19.1. The summed E-state index contributed by atoms with van der Waals surface area (Å²) in [5.74, 6) is 1.82. The molecule has 2 aliphatic rings. The van der Waals surface area contributed by atoms with Crippen LogP contribution in [0.1, 0.15) is 57.6 Å². The summed E-state index contributed by atoms with van der Waals surface area (Å²) >= 11 is 0. The highest BCUT2D eigenvalue weighted by Crippen LogP contribution is 2.48. The van der Waals surface area contributed by atoms with Crippen molar-refractivity contribution < 1.29 is 14.2 Å². The van der Waals surface area contributed by atoms with Crippen LogP contribution in [0.2, 0.25) is 0 Å². The highest BCUT2D eigenvalue weighted by molar-refractivity contribution is 5.38. The Bertz CT molecular complexity index is 490. The van der Waals surface area contributed by atoms with E-state index >= 15 is 0 Å². The summed E-state index contributed by atoms with van der Waals surface area (Å²) in [4.78, 5) is 0. The molecule has 2 nitrogen and oxygen atoms in total. The van der Waals surface area contributed by atoms with E-state index in [1.165, 1.54) is 12.1 Å².